The quantitative estimate of drug-likeness (QED) is 0.160. The van der Waals surface area contributed by atoms with E-state index in [1.165, 1.54) is 120 Å². The maximum Gasteiger partial charge on any atom is -0.00203 e. The van der Waals surface area contributed by atoms with Crippen molar-refractivity contribution in [3.05, 3.63) is 206 Å². The van der Waals surface area contributed by atoms with Crippen molar-refractivity contribution in [3.63, 3.8) is 0 Å². The highest BCUT2D eigenvalue weighted by atomic mass is 14.2. The lowest BCUT2D eigenvalue weighted by atomic mass is 9.86. The summed E-state index contributed by atoms with van der Waals surface area (Å²) < 4.78 is 0. The molecule has 0 nitrogen and oxygen atoms in total. The number of fused-ring (bicyclic) bond motifs is 6. The van der Waals surface area contributed by atoms with E-state index in [0.717, 1.165) is 0 Å². The lowest BCUT2D eigenvalue weighted by Crippen LogP contribution is -1.90. The average molecular weight is 707 g/mol. The summed E-state index contributed by atoms with van der Waals surface area (Å²) in [5.74, 6) is 0. The minimum Gasteiger partial charge on any atom is -0.0616 e. The molecule has 0 heteroatoms. The van der Waals surface area contributed by atoms with Crippen LogP contribution in [0.15, 0.2) is 206 Å². The van der Waals surface area contributed by atoms with Gasteiger partial charge in [0.05, 0.1) is 0 Å². The van der Waals surface area contributed by atoms with Gasteiger partial charge in [-0.2, -0.15) is 0 Å². The van der Waals surface area contributed by atoms with Gasteiger partial charge in [-0.25, -0.2) is 0 Å². The molecule has 0 radical (unpaired) electrons. The van der Waals surface area contributed by atoms with E-state index in [2.05, 4.69) is 206 Å². The molecule has 56 heavy (non-hydrogen) atoms. The summed E-state index contributed by atoms with van der Waals surface area (Å²) in [5.41, 5.74) is 9.98. The van der Waals surface area contributed by atoms with Crippen molar-refractivity contribution in [1.82, 2.24) is 0 Å². The molecule has 0 aliphatic heterocycles. The fourth-order valence-electron chi connectivity index (χ4n) is 9.60. The molecule has 0 fully saturated rings. The third kappa shape index (κ3) is 4.66. The molecule has 0 heterocycles. The van der Waals surface area contributed by atoms with Crippen LogP contribution in [0.2, 0.25) is 0 Å². The topological polar surface area (TPSA) is 0 Å². The predicted octanol–water partition coefficient (Wildman–Crippen LogP) is 15.9. The van der Waals surface area contributed by atoms with Gasteiger partial charge in [0.15, 0.2) is 0 Å². The highest BCUT2D eigenvalue weighted by Crippen LogP contribution is 2.44. The van der Waals surface area contributed by atoms with Gasteiger partial charge in [0.2, 0.25) is 0 Å². The van der Waals surface area contributed by atoms with E-state index in [1.807, 2.05) is 0 Å². The van der Waals surface area contributed by atoms with Crippen LogP contribution in [0.25, 0.3) is 120 Å². The molecule has 0 aliphatic carbocycles. The van der Waals surface area contributed by atoms with Crippen molar-refractivity contribution in [2.75, 3.05) is 0 Å². The first-order valence-electron chi connectivity index (χ1n) is 19.5. The highest BCUT2D eigenvalue weighted by molar-refractivity contribution is 6.28. The normalized spacial score (nSPS) is 11.9. The Hall–Kier alpha value is -7.28. The summed E-state index contributed by atoms with van der Waals surface area (Å²) in [6, 6.07) is 76.6. The molecule has 0 saturated carbocycles. The van der Waals surface area contributed by atoms with Gasteiger partial charge in [-0.15, -0.1) is 0 Å². The summed E-state index contributed by atoms with van der Waals surface area (Å²) in [6.07, 6.45) is 0. The molecular weight excluding hydrogens is 673 g/mol. The van der Waals surface area contributed by atoms with Crippen LogP contribution in [0.4, 0.5) is 0 Å². The first-order chi connectivity index (χ1) is 27.8. The summed E-state index contributed by atoms with van der Waals surface area (Å²) >= 11 is 0. The lowest BCUT2D eigenvalue weighted by molar-refractivity contribution is 1.63. The van der Waals surface area contributed by atoms with Crippen molar-refractivity contribution < 1.29 is 0 Å². The van der Waals surface area contributed by atoms with Gasteiger partial charge in [0.25, 0.3) is 0 Å². The zero-order valence-corrected chi connectivity index (χ0v) is 30.6. The first-order valence-corrected chi connectivity index (χ1v) is 19.5. The van der Waals surface area contributed by atoms with Gasteiger partial charge in [-0.05, 0) is 144 Å². The Balaban J connectivity index is 1.02. The molecular formula is C56H34. The van der Waals surface area contributed by atoms with Crippen molar-refractivity contribution in [1.29, 1.82) is 0 Å². The minimum atomic E-state index is 1.23. The van der Waals surface area contributed by atoms with Crippen LogP contribution in [-0.2, 0) is 0 Å². The molecule has 0 aromatic heterocycles. The maximum absolute atomic E-state index is 2.39. The van der Waals surface area contributed by atoms with Gasteiger partial charge in [0, 0.05) is 0 Å². The van der Waals surface area contributed by atoms with Crippen molar-refractivity contribution >= 4 is 75.4 Å². The maximum atomic E-state index is 2.39. The van der Waals surface area contributed by atoms with E-state index >= 15 is 0 Å². The van der Waals surface area contributed by atoms with Crippen LogP contribution in [-0.4, -0.2) is 0 Å². The monoisotopic (exact) mass is 706 g/mol. The van der Waals surface area contributed by atoms with Gasteiger partial charge < -0.3 is 0 Å². The van der Waals surface area contributed by atoms with Crippen LogP contribution in [0.1, 0.15) is 0 Å². The van der Waals surface area contributed by atoms with Crippen LogP contribution in [0.3, 0.4) is 0 Å². The minimum absolute atomic E-state index is 1.23. The summed E-state index contributed by atoms with van der Waals surface area (Å²) in [5, 5.41) is 18.0. The second-order valence-corrected chi connectivity index (χ2v) is 15.2. The van der Waals surface area contributed by atoms with E-state index < -0.39 is 0 Å². The van der Waals surface area contributed by atoms with E-state index in [-0.39, 0.29) is 0 Å². The van der Waals surface area contributed by atoms with E-state index in [4.69, 9.17) is 0 Å². The first kappa shape index (κ1) is 31.1. The van der Waals surface area contributed by atoms with Crippen LogP contribution < -0.4 is 0 Å². The van der Waals surface area contributed by atoms with Gasteiger partial charge in [0.1, 0.15) is 0 Å². The van der Waals surface area contributed by atoms with E-state index in [1.54, 1.807) is 0 Å². The Bertz CT molecular complexity index is 3290. The fourth-order valence-corrected chi connectivity index (χ4v) is 9.60. The Morgan fingerprint density at radius 1 is 0.179 bits per heavy atom. The Morgan fingerprint density at radius 2 is 0.536 bits per heavy atom. The molecule has 0 N–H and O–H groups in total. The molecule has 0 unspecified atom stereocenters. The SMILES string of the molecule is c1cc(-c2cc3ccccc3c3ccccc23)cc(-c2ccc3ccc4c(-c5cccc(-c6cc7ccccc7c7ccccc67)c5)ccc5ccc2c3c54)c1. The van der Waals surface area contributed by atoms with E-state index in [9.17, 15) is 0 Å². The molecule has 0 aliphatic rings. The number of hydrogen-bond acceptors (Lipinski definition) is 0. The molecule has 12 aromatic rings. The van der Waals surface area contributed by atoms with Gasteiger partial charge in [-0.3, -0.25) is 0 Å². The predicted molar refractivity (Wildman–Crippen MR) is 242 cm³/mol. The summed E-state index contributed by atoms with van der Waals surface area (Å²) in [7, 11) is 0. The van der Waals surface area contributed by atoms with E-state index in [0.29, 0.717) is 0 Å². The Morgan fingerprint density at radius 3 is 0.982 bits per heavy atom. The second kappa shape index (κ2) is 12.1. The smallest absolute Gasteiger partial charge is 0.00203 e. The van der Waals surface area contributed by atoms with Crippen molar-refractivity contribution in [3.8, 4) is 44.5 Å². The largest absolute Gasteiger partial charge is 0.0616 e. The molecule has 0 saturated heterocycles. The molecule has 0 bridgehead atoms. The Labute approximate surface area is 324 Å². The molecule has 0 spiro atoms. The van der Waals surface area contributed by atoms with Gasteiger partial charge in [-0.1, -0.05) is 182 Å². The average Bonchev–Trinajstić information content (AvgIpc) is 3.27. The van der Waals surface area contributed by atoms with Crippen LogP contribution >= 0.6 is 0 Å². The summed E-state index contributed by atoms with van der Waals surface area (Å²) in [4.78, 5) is 0. The lowest BCUT2D eigenvalue weighted by Gasteiger charge is -2.18. The Kier molecular flexibility index (Phi) is 6.73. The third-order valence-corrected chi connectivity index (χ3v) is 12.2. The zero-order chi connectivity index (χ0) is 36.7. The van der Waals surface area contributed by atoms with Crippen molar-refractivity contribution in [2.24, 2.45) is 0 Å². The molecule has 12 aromatic carbocycles. The fraction of sp³-hybridized carbons (Fsp3) is 0. The standard InChI is InChI=1S/C56H34/c1-3-17-43-41(11-1)33-53(49-21-7-5-19-47(43)49)39-15-9-13-37(31-39)45-27-23-35-26-30-52-46(28-24-36-25-29-51(45)55(35)56(36)52)38-14-10-16-40(32-38)54-34-42-12-2-4-18-44(42)48-20-6-8-22-50(48)54/h1-34H. The highest BCUT2D eigenvalue weighted by Gasteiger charge is 2.17. The van der Waals surface area contributed by atoms with Crippen molar-refractivity contribution in [2.45, 2.75) is 0 Å². The molecule has 0 atom stereocenters. The molecule has 12 rings (SSSR count). The number of benzene rings is 12. The van der Waals surface area contributed by atoms with Crippen LogP contribution in [0, 0.1) is 0 Å². The molecule has 258 valence electrons. The zero-order valence-electron chi connectivity index (χ0n) is 30.6. The van der Waals surface area contributed by atoms with Crippen LogP contribution in [0.5, 0.6) is 0 Å². The summed E-state index contributed by atoms with van der Waals surface area (Å²) in [6.45, 7) is 0. The van der Waals surface area contributed by atoms with Gasteiger partial charge >= 0.3 is 0 Å². The third-order valence-electron chi connectivity index (χ3n) is 12.2. The number of rotatable bonds is 4. The second-order valence-electron chi connectivity index (χ2n) is 15.2. The number of hydrogen-bond donors (Lipinski definition) is 0. The molecule has 0 amide bonds.